The molecule has 0 radical (unpaired) electrons. The monoisotopic (exact) mass is 374 g/mol. The fourth-order valence-corrected chi connectivity index (χ4v) is 2.35. The lowest BCUT2D eigenvalue weighted by atomic mass is 10.1. The first-order valence-electron chi connectivity index (χ1n) is 6.97. The summed E-state index contributed by atoms with van der Waals surface area (Å²) in [5, 5.41) is 5.39. The first-order chi connectivity index (χ1) is 11.3. The number of hydrogen-bond acceptors (Lipinski definition) is 2. The summed E-state index contributed by atoms with van der Waals surface area (Å²) < 4.78 is 44.5. The average molecular weight is 375 g/mol. The second kappa shape index (κ2) is 7.72. The van der Waals surface area contributed by atoms with Gasteiger partial charge in [0.1, 0.15) is 5.75 Å². The number of benzene rings is 2. The standard InChI is InChI=1S/C16H14ClF3N2OS/c1-2-23-12-6-4-11(5-7-12)21-15(24)22-14-8-3-10(17)9-13(14)16(18,19)20/h3-9H,2H2,1H3,(H2,21,22,24). The van der Waals surface area contributed by atoms with Gasteiger partial charge in [0.15, 0.2) is 5.11 Å². The van der Waals surface area contributed by atoms with Crippen molar-refractivity contribution in [2.24, 2.45) is 0 Å². The highest BCUT2D eigenvalue weighted by Gasteiger charge is 2.34. The summed E-state index contributed by atoms with van der Waals surface area (Å²) in [5.41, 5.74) is -0.431. The Labute approximate surface area is 147 Å². The Morgan fingerprint density at radius 2 is 1.79 bits per heavy atom. The van der Waals surface area contributed by atoms with Gasteiger partial charge in [-0.15, -0.1) is 0 Å². The molecule has 0 aromatic heterocycles. The molecule has 3 nitrogen and oxygen atoms in total. The van der Waals surface area contributed by atoms with Crippen LogP contribution in [0.4, 0.5) is 24.5 Å². The highest BCUT2D eigenvalue weighted by molar-refractivity contribution is 7.80. The number of ether oxygens (including phenoxy) is 1. The summed E-state index contributed by atoms with van der Waals surface area (Å²) in [7, 11) is 0. The van der Waals surface area contributed by atoms with Crippen molar-refractivity contribution in [3.05, 3.63) is 53.1 Å². The maximum Gasteiger partial charge on any atom is 0.418 e. The Balaban J connectivity index is 2.10. The first-order valence-corrected chi connectivity index (χ1v) is 7.76. The molecule has 0 heterocycles. The van der Waals surface area contributed by atoms with E-state index in [4.69, 9.17) is 28.6 Å². The molecule has 24 heavy (non-hydrogen) atoms. The molecule has 0 aliphatic heterocycles. The van der Waals surface area contributed by atoms with Gasteiger partial charge in [-0.1, -0.05) is 11.6 Å². The fourth-order valence-electron chi connectivity index (χ4n) is 1.95. The minimum atomic E-state index is -4.54. The van der Waals surface area contributed by atoms with Gasteiger partial charge >= 0.3 is 6.18 Å². The molecule has 0 unspecified atom stereocenters. The molecule has 2 N–H and O–H groups in total. The summed E-state index contributed by atoms with van der Waals surface area (Å²) >= 11 is 10.7. The van der Waals surface area contributed by atoms with E-state index in [9.17, 15) is 13.2 Å². The minimum Gasteiger partial charge on any atom is -0.494 e. The number of rotatable bonds is 4. The van der Waals surface area contributed by atoms with E-state index in [-0.39, 0.29) is 15.8 Å². The van der Waals surface area contributed by atoms with Crippen molar-refractivity contribution in [1.29, 1.82) is 0 Å². The summed E-state index contributed by atoms with van der Waals surface area (Å²) in [6.45, 7) is 2.42. The van der Waals surface area contributed by atoms with Gasteiger partial charge in [0.05, 0.1) is 17.9 Å². The lowest BCUT2D eigenvalue weighted by Gasteiger charge is -2.16. The Morgan fingerprint density at radius 3 is 2.38 bits per heavy atom. The van der Waals surface area contributed by atoms with Gasteiger partial charge in [0.25, 0.3) is 0 Å². The van der Waals surface area contributed by atoms with E-state index in [0.29, 0.717) is 18.0 Å². The van der Waals surface area contributed by atoms with Gasteiger partial charge in [0.2, 0.25) is 0 Å². The molecule has 0 amide bonds. The first kappa shape index (κ1) is 18.4. The molecule has 0 spiro atoms. The number of alkyl halides is 3. The molecular formula is C16H14ClF3N2OS. The van der Waals surface area contributed by atoms with Crippen molar-refractivity contribution >= 4 is 40.3 Å². The molecule has 2 aromatic carbocycles. The van der Waals surface area contributed by atoms with Crippen LogP contribution in [0.3, 0.4) is 0 Å². The lowest BCUT2D eigenvalue weighted by Crippen LogP contribution is -2.21. The predicted octanol–water partition coefficient (Wildman–Crippen LogP) is 5.57. The zero-order valence-electron chi connectivity index (χ0n) is 12.6. The molecule has 128 valence electrons. The zero-order chi connectivity index (χ0) is 17.7. The summed E-state index contributed by atoms with van der Waals surface area (Å²) in [4.78, 5) is 0. The Morgan fingerprint density at radius 1 is 1.12 bits per heavy atom. The number of anilines is 2. The number of halogens is 4. The molecule has 0 aliphatic rings. The van der Waals surface area contributed by atoms with Crippen LogP contribution < -0.4 is 15.4 Å². The second-order valence-electron chi connectivity index (χ2n) is 4.72. The van der Waals surface area contributed by atoms with Gasteiger partial charge < -0.3 is 15.4 Å². The number of nitrogens with one attached hydrogen (secondary N) is 2. The van der Waals surface area contributed by atoms with Gasteiger partial charge in [-0.3, -0.25) is 0 Å². The van der Waals surface area contributed by atoms with E-state index in [1.165, 1.54) is 12.1 Å². The molecule has 0 aliphatic carbocycles. The molecule has 2 aromatic rings. The van der Waals surface area contributed by atoms with Crippen molar-refractivity contribution in [3.63, 3.8) is 0 Å². The van der Waals surface area contributed by atoms with Gasteiger partial charge in [0, 0.05) is 10.7 Å². The van der Waals surface area contributed by atoms with Crippen LogP contribution in [0.2, 0.25) is 5.02 Å². The van der Waals surface area contributed by atoms with Crippen LogP contribution in [0.1, 0.15) is 12.5 Å². The Bertz CT molecular complexity index is 720. The van der Waals surface area contributed by atoms with Crippen molar-refractivity contribution in [3.8, 4) is 5.75 Å². The molecule has 0 fully saturated rings. The van der Waals surface area contributed by atoms with E-state index in [1.807, 2.05) is 6.92 Å². The predicted molar refractivity (Wildman–Crippen MR) is 93.9 cm³/mol. The third-order valence-corrected chi connectivity index (χ3v) is 3.40. The van der Waals surface area contributed by atoms with E-state index >= 15 is 0 Å². The number of hydrogen-bond donors (Lipinski definition) is 2. The maximum atomic E-state index is 13.0. The smallest absolute Gasteiger partial charge is 0.418 e. The quantitative estimate of drug-likeness (QED) is 0.686. The van der Waals surface area contributed by atoms with Crippen LogP contribution >= 0.6 is 23.8 Å². The van der Waals surface area contributed by atoms with Crippen LogP contribution in [-0.4, -0.2) is 11.7 Å². The van der Waals surface area contributed by atoms with Gasteiger partial charge in [-0.2, -0.15) is 13.2 Å². The molecule has 0 atom stereocenters. The van der Waals surface area contributed by atoms with Crippen molar-refractivity contribution in [1.82, 2.24) is 0 Å². The minimum absolute atomic E-state index is 0.00161. The highest BCUT2D eigenvalue weighted by Crippen LogP contribution is 2.36. The summed E-state index contributed by atoms with van der Waals surface area (Å²) in [6.07, 6.45) is -4.54. The fraction of sp³-hybridized carbons (Fsp3) is 0.188. The molecule has 0 bridgehead atoms. The van der Waals surface area contributed by atoms with E-state index in [1.54, 1.807) is 24.3 Å². The SMILES string of the molecule is CCOc1ccc(NC(=S)Nc2ccc(Cl)cc2C(F)(F)F)cc1. The van der Waals surface area contributed by atoms with Gasteiger partial charge in [-0.25, -0.2) is 0 Å². The van der Waals surface area contributed by atoms with Crippen LogP contribution in [-0.2, 0) is 6.18 Å². The van der Waals surface area contributed by atoms with Crippen molar-refractivity contribution < 1.29 is 17.9 Å². The third kappa shape index (κ3) is 5.01. The lowest BCUT2D eigenvalue weighted by molar-refractivity contribution is -0.136. The highest BCUT2D eigenvalue weighted by atomic mass is 35.5. The zero-order valence-corrected chi connectivity index (χ0v) is 14.1. The molecule has 0 saturated carbocycles. The molecule has 2 rings (SSSR count). The van der Waals surface area contributed by atoms with E-state index < -0.39 is 11.7 Å². The van der Waals surface area contributed by atoms with Crippen LogP contribution in [0.25, 0.3) is 0 Å². The third-order valence-electron chi connectivity index (χ3n) is 2.96. The Hall–Kier alpha value is -1.99. The largest absolute Gasteiger partial charge is 0.494 e. The summed E-state index contributed by atoms with van der Waals surface area (Å²) in [6, 6.07) is 10.3. The van der Waals surface area contributed by atoms with Crippen molar-refractivity contribution in [2.45, 2.75) is 13.1 Å². The summed E-state index contributed by atoms with van der Waals surface area (Å²) in [5.74, 6) is 0.694. The maximum absolute atomic E-state index is 13.0. The van der Waals surface area contributed by atoms with Crippen LogP contribution in [0.5, 0.6) is 5.75 Å². The normalized spacial score (nSPS) is 11.0. The topological polar surface area (TPSA) is 33.3 Å². The second-order valence-corrected chi connectivity index (χ2v) is 5.57. The van der Waals surface area contributed by atoms with E-state index in [0.717, 1.165) is 6.07 Å². The Kier molecular flexibility index (Phi) is 5.90. The molecule has 8 heteroatoms. The molecular weight excluding hydrogens is 361 g/mol. The number of thiocarbonyl (C=S) groups is 1. The van der Waals surface area contributed by atoms with Gasteiger partial charge in [-0.05, 0) is 61.6 Å². The van der Waals surface area contributed by atoms with Crippen molar-refractivity contribution in [2.75, 3.05) is 17.2 Å². The van der Waals surface area contributed by atoms with Crippen LogP contribution in [0, 0.1) is 0 Å². The van der Waals surface area contributed by atoms with Crippen LogP contribution in [0.15, 0.2) is 42.5 Å². The van der Waals surface area contributed by atoms with E-state index in [2.05, 4.69) is 10.6 Å². The molecule has 0 saturated heterocycles. The average Bonchev–Trinajstić information content (AvgIpc) is 2.50.